The summed E-state index contributed by atoms with van der Waals surface area (Å²) in [4.78, 5) is 2.48. The van der Waals surface area contributed by atoms with Gasteiger partial charge in [-0.25, -0.2) is 0 Å². The van der Waals surface area contributed by atoms with Crippen molar-refractivity contribution in [2.45, 2.75) is 26.0 Å². The lowest BCUT2D eigenvalue weighted by Gasteiger charge is -2.13. The molecule has 1 atom stereocenters. The first-order chi connectivity index (χ1) is 11.5. The Kier molecular flexibility index (Phi) is 5.58. The van der Waals surface area contributed by atoms with Crippen LogP contribution in [0.4, 0.5) is 23.2 Å². The van der Waals surface area contributed by atoms with Crippen LogP contribution in [0.15, 0.2) is 24.3 Å². The Morgan fingerprint density at radius 2 is 1.88 bits per heavy atom. The number of anilines is 1. The topological polar surface area (TPSA) is 57.9 Å². The maximum atomic E-state index is 13.5. The molecule has 0 saturated carbocycles. The zero-order valence-corrected chi connectivity index (χ0v) is 12.6. The Labute approximate surface area is 135 Å². The predicted molar refractivity (Wildman–Crippen MR) is 78.2 cm³/mol. The highest BCUT2D eigenvalue weighted by atomic mass is 19.2. The largest absolute Gasteiger partial charge is 0.476 e. The van der Waals surface area contributed by atoms with Gasteiger partial charge in [0, 0.05) is 6.54 Å². The highest BCUT2D eigenvalue weighted by Crippen LogP contribution is 2.23. The minimum atomic E-state index is -1.73. The Morgan fingerprint density at radius 1 is 1.21 bits per heavy atom. The summed E-state index contributed by atoms with van der Waals surface area (Å²) in [5.74, 6) is -6.26. The summed E-state index contributed by atoms with van der Waals surface area (Å²) in [5.41, 5.74) is -0.397. The van der Waals surface area contributed by atoms with Crippen molar-refractivity contribution in [3.63, 3.8) is 0 Å². The molecule has 1 aromatic heterocycles. The Bertz CT molecular complexity index is 750. The number of pyridine rings is 1. The maximum Gasteiger partial charge on any atom is 0.253 e. The molecule has 2 aromatic rings. The lowest BCUT2D eigenvalue weighted by molar-refractivity contribution is 0.251. The van der Waals surface area contributed by atoms with Gasteiger partial charge in [0.1, 0.15) is 17.5 Å². The standard InChI is InChI=1S/C16H13F4N3O/c1-2-10(7-21)24-11-5-3-4-9(6-11)8-22-14-12(17)15(19)23-16(20)13(14)18/h3-6,10H,2,8H2,1H3,(H,22,23). The van der Waals surface area contributed by atoms with Crippen LogP contribution in [0.1, 0.15) is 18.9 Å². The predicted octanol–water partition coefficient (Wildman–Crippen LogP) is 3.93. The van der Waals surface area contributed by atoms with Gasteiger partial charge in [-0.05, 0) is 24.1 Å². The minimum absolute atomic E-state index is 0.114. The van der Waals surface area contributed by atoms with Crippen LogP contribution in [0, 0.1) is 34.9 Å². The number of hydrogen-bond acceptors (Lipinski definition) is 4. The summed E-state index contributed by atoms with van der Waals surface area (Å²) in [6.45, 7) is 1.68. The van der Waals surface area contributed by atoms with Gasteiger partial charge in [0.2, 0.25) is 11.6 Å². The molecule has 8 heteroatoms. The van der Waals surface area contributed by atoms with E-state index in [0.29, 0.717) is 17.7 Å². The fourth-order valence-corrected chi connectivity index (χ4v) is 1.93. The van der Waals surface area contributed by atoms with Gasteiger partial charge in [0.15, 0.2) is 6.10 Å². The molecule has 1 N–H and O–H groups in total. The first kappa shape index (κ1) is 17.5. The fourth-order valence-electron chi connectivity index (χ4n) is 1.93. The van der Waals surface area contributed by atoms with Crippen molar-refractivity contribution in [1.29, 1.82) is 5.26 Å². The number of rotatable bonds is 6. The molecule has 0 aliphatic carbocycles. The zero-order valence-electron chi connectivity index (χ0n) is 12.6. The Hall–Kier alpha value is -2.82. The molecular weight excluding hydrogens is 326 g/mol. The number of benzene rings is 1. The normalized spacial score (nSPS) is 11.7. The molecule has 0 aliphatic heterocycles. The van der Waals surface area contributed by atoms with Gasteiger partial charge in [-0.15, -0.1) is 0 Å². The molecule has 0 fully saturated rings. The van der Waals surface area contributed by atoms with E-state index in [1.807, 2.05) is 6.07 Å². The van der Waals surface area contributed by atoms with Crippen LogP contribution < -0.4 is 10.1 Å². The minimum Gasteiger partial charge on any atom is -0.476 e. The van der Waals surface area contributed by atoms with Gasteiger partial charge in [-0.2, -0.15) is 27.8 Å². The number of hydrogen-bond donors (Lipinski definition) is 1. The molecule has 0 amide bonds. The van der Waals surface area contributed by atoms with Crippen LogP contribution in [-0.4, -0.2) is 11.1 Å². The van der Waals surface area contributed by atoms with E-state index in [1.165, 1.54) is 0 Å². The molecule has 0 bridgehead atoms. The summed E-state index contributed by atoms with van der Waals surface area (Å²) in [5, 5.41) is 11.2. The van der Waals surface area contributed by atoms with E-state index >= 15 is 0 Å². The zero-order chi connectivity index (χ0) is 17.7. The van der Waals surface area contributed by atoms with Crippen molar-refractivity contribution in [2.24, 2.45) is 0 Å². The van der Waals surface area contributed by atoms with E-state index in [1.54, 1.807) is 31.2 Å². The van der Waals surface area contributed by atoms with Gasteiger partial charge in [-0.3, -0.25) is 0 Å². The second kappa shape index (κ2) is 7.64. The Balaban J connectivity index is 2.15. The first-order valence-corrected chi connectivity index (χ1v) is 7.05. The average Bonchev–Trinajstić information content (AvgIpc) is 2.58. The highest BCUT2D eigenvalue weighted by molar-refractivity contribution is 5.46. The van der Waals surface area contributed by atoms with Crippen LogP contribution in [0.3, 0.4) is 0 Å². The first-order valence-electron chi connectivity index (χ1n) is 7.05. The molecule has 0 saturated heterocycles. The van der Waals surface area contributed by atoms with E-state index in [0.717, 1.165) is 0 Å². The number of nitriles is 1. The van der Waals surface area contributed by atoms with Crippen LogP contribution in [-0.2, 0) is 6.54 Å². The SMILES string of the molecule is CCC(C#N)Oc1cccc(CNc2c(F)c(F)nc(F)c2F)c1. The van der Waals surface area contributed by atoms with E-state index in [2.05, 4.69) is 10.3 Å². The molecular formula is C16H13F4N3O. The molecule has 126 valence electrons. The fraction of sp³-hybridized carbons (Fsp3) is 0.250. The number of aromatic nitrogens is 1. The van der Waals surface area contributed by atoms with Gasteiger partial charge < -0.3 is 10.1 Å². The van der Waals surface area contributed by atoms with Crippen molar-refractivity contribution in [3.8, 4) is 11.8 Å². The van der Waals surface area contributed by atoms with Crippen molar-refractivity contribution < 1.29 is 22.3 Å². The van der Waals surface area contributed by atoms with Crippen LogP contribution in [0.2, 0.25) is 0 Å². The van der Waals surface area contributed by atoms with Gasteiger partial charge in [0.05, 0.1) is 0 Å². The quantitative estimate of drug-likeness (QED) is 0.640. The molecule has 1 unspecified atom stereocenters. The molecule has 0 radical (unpaired) electrons. The maximum absolute atomic E-state index is 13.5. The van der Waals surface area contributed by atoms with Crippen LogP contribution in [0.25, 0.3) is 0 Å². The molecule has 4 nitrogen and oxygen atoms in total. The summed E-state index contributed by atoms with van der Waals surface area (Å²) in [7, 11) is 0. The smallest absolute Gasteiger partial charge is 0.253 e. The van der Waals surface area contributed by atoms with E-state index in [9.17, 15) is 17.6 Å². The van der Waals surface area contributed by atoms with Crippen LogP contribution >= 0.6 is 0 Å². The lowest BCUT2D eigenvalue weighted by Crippen LogP contribution is -2.12. The monoisotopic (exact) mass is 339 g/mol. The van der Waals surface area contributed by atoms with Crippen molar-refractivity contribution in [2.75, 3.05) is 5.32 Å². The molecule has 1 aromatic carbocycles. The summed E-state index contributed by atoms with van der Waals surface area (Å²) in [6, 6.07) is 8.40. The molecule has 1 heterocycles. The lowest BCUT2D eigenvalue weighted by atomic mass is 10.2. The number of nitrogens with zero attached hydrogens (tertiary/aromatic N) is 2. The summed E-state index contributed by atoms with van der Waals surface area (Å²) >= 11 is 0. The second-order valence-corrected chi connectivity index (χ2v) is 4.84. The van der Waals surface area contributed by atoms with Crippen molar-refractivity contribution in [1.82, 2.24) is 4.98 Å². The van der Waals surface area contributed by atoms with Gasteiger partial charge in [0.25, 0.3) is 11.9 Å². The third-order valence-corrected chi connectivity index (χ3v) is 3.16. The second-order valence-electron chi connectivity index (χ2n) is 4.84. The van der Waals surface area contributed by atoms with Gasteiger partial charge >= 0.3 is 0 Å². The highest BCUT2D eigenvalue weighted by Gasteiger charge is 2.20. The third-order valence-electron chi connectivity index (χ3n) is 3.16. The average molecular weight is 339 g/mol. The molecule has 24 heavy (non-hydrogen) atoms. The van der Waals surface area contributed by atoms with E-state index < -0.39 is 35.3 Å². The number of nitrogens with one attached hydrogen (secondary N) is 1. The molecule has 2 rings (SSSR count). The van der Waals surface area contributed by atoms with Crippen molar-refractivity contribution >= 4 is 5.69 Å². The van der Waals surface area contributed by atoms with E-state index in [4.69, 9.17) is 10.00 Å². The summed E-state index contributed by atoms with van der Waals surface area (Å²) < 4.78 is 58.6. The van der Waals surface area contributed by atoms with Crippen molar-refractivity contribution in [3.05, 3.63) is 53.4 Å². The molecule has 0 spiro atoms. The third kappa shape index (κ3) is 3.93. The Morgan fingerprint density at radius 3 is 2.46 bits per heavy atom. The van der Waals surface area contributed by atoms with Gasteiger partial charge in [-0.1, -0.05) is 19.1 Å². The van der Waals surface area contributed by atoms with Crippen LogP contribution in [0.5, 0.6) is 5.75 Å². The number of ether oxygens (including phenoxy) is 1. The molecule has 0 aliphatic rings. The number of halogens is 4. The van der Waals surface area contributed by atoms with E-state index in [-0.39, 0.29) is 6.54 Å². The summed E-state index contributed by atoms with van der Waals surface area (Å²) in [6.07, 6.45) is -0.128.